The van der Waals surface area contributed by atoms with Gasteiger partial charge in [0.2, 0.25) is 5.91 Å². The summed E-state index contributed by atoms with van der Waals surface area (Å²) < 4.78 is 18.3. The van der Waals surface area contributed by atoms with Gasteiger partial charge >= 0.3 is 0 Å². The van der Waals surface area contributed by atoms with Crippen molar-refractivity contribution < 1.29 is 19.0 Å². The summed E-state index contributed by atoms with van der Waals surface area (Å²) in [4.78, 5) is 14.6. The minimum Gasteiger partial charge on any atom is -0.493 e. The van der Waals surface area contributed by atoms with Crippen LogP contribution in [-0.4, -0.2) is 66.1 Å². The highest BCUT2D eigenvalue weighted by atomic mass is 16.5. The van der Waals surface area contributed by atoms with Gasteiger partial charge in [0.25, 0.3) is 0 Å². The van der Waals surface area contributed by atoms with E-state index in [9.17, 15) is 4.79 Å². The second-order valence-electron chi connectivity index (χ2n) is 8.75. The lowest BCUT2D eigenvalue weighted by Gasteiger charge is -2.22. The van der Waals surface area contributed by atoms with E-state index in [1.165, 1.54) is 12.7 Å². The van der Waals surface area contributed by atoms with Crippen LogP contribution in [0.25, 0.3) is 0 Å². The molecule has 1 aliphatic heterocycles. The quantitative estimate of drug-likeness (QED) is 0.552. The Balaban J connectivity index is 1.71. The number of amides is 1. The molecule has 9 heteroatoms. The van der Waals surface area contributed by atoms with E-state index in [0.717, 1.165) is 62.2 Å². The van der Waals surface area contributed by atoms with Crippen molar-refractivity contribution in [1.82, 2.24) is 25.0 Å². The molecule has 2 aromatic rings. The third kappa shape index (κ3) is 6.68. The number of fused-ring (bicyclic) bond motifs is 1. The minimum absolute atomic E-state index is 0.0367. The Morgan fingerprint density at radius 2 is 1.97 bits per heavy atom. The molecule has 33 heavy (non-hydrogen) atoms. The van der Waals surface area contributed by atoms with E-state index >= 15 is 0 Å². The molecule has 1 amide bonds. The van der Waals surface area contributed by atoms with Gasteiger partial charge in [-0.1, -0.05) is 19.9 Å². The molecule has 0 aliphatic carbocycles. The summed E-state index contributed by atoms with van der Waals surface area (Å²) in [6.45, 7) is 10.2. The SMILES string of the molecule is CCOc1cc(CN2CCc3nnc([C@H](CC(C)C)NC(=O)COC)n3CC2)ccc1OC. The van der Waals surface area contributed by atoms with Crippen LogP contribution in [0.5, 0.6) is 11.5 Å². The van der Waals surface area contributed by atoms with Crippen LogP contribution in [0.2, 0.25) is 0 Å². The third-order valence-electron chi connectivity index (χ3n) is 5.71. The van der Waals surface area contributed by atoms with Crippen LogP contribution in [0.1, 0.15) is 50.4 Å². The number of hydrogen-bond donors (Lipinski definition) is 1. The number of ether oxygens (including phenoxy) is 3. The summed E-state index contributed by atoms with van der Waals surface area (Å²) in [6.07, 6.45) is 1.60. The molecule has 2 heterocycles. The number of nitrogens with zero attached hydrogens (tertiary/aromatic N) is 4. The molecule has 3 rings (SSSR count). The largest absolute Gasteiger partial charge is 0.493 e. The van der Waals surface area contributed by atoms with E-state index in [2.05, 4.69) is 51.0 Å². The molecule has 182 valence electrons. The number of aromatic nitrogens is 3. The summed E-state index contributed by atoms with van der Waals surface area (Å²) in [5.41, 5.74) is 1.18. The number of carbonyl (C=O) groups is 1. The van der Waals surface area contributed by atoms with Gasteiger partial charge in [0.15, 0.2) is 17.3 Å². The van der Waals surface area contributed by atoms with Crippen molar-refractivity contribution in [3.05, 3.63) is 35.4 Å². The fourth-order valence-electron chi connectivity index (χ4n) is 4.22. The number of rotatable bonds is 11. The minimum atomic E-state index is -0.184. The third-order valence-corrected chi connectivity index (χ3v) is 5.71. The van der Waals surface area contributed by atoms with Crippen molar-refractivity contribution in [2.45, 2.75) is 52.7 Å². The summed E-state index contributed by atoms with van der Waals surface area (Å²) in [5.74, 6) is 3.58. The second-order valence-corrected chi connectivity index (χ2v) is 8.75. The molecule has 0 unspecified atom stereocenters. The van der Waals surface area contributed by atoms with Crippen LogP contribution in [-0.2, 0) is 29.0 Å². The summed E-state index contributed by atoms with van der Waals surface area (Å²) in [7, 11) is 3.18. The second kappa shape index (κ2) is 12.0. The van der Waals surface area contributed by atoms with Gasteiger partial charge in [-0.15, -0.1) is 10.2 Å². The Bertz CT molecular complexity index is 914. The summed E-state index contributed by atoms with van der Waals surface area (Å²) in [5, 5.41) is 12.0. The summed E-state index contributed by atoms with van der Waals surface area (Å²) in [6, 6.07) is 5.92. The zero-order valence-electron chi connectivity index (χ0n) is 20.5. The zero-order valence-corrected chi connectivity index (χ0v) is 20.5. The maximum Gasteiger partial charge on any atom is 0.246 e. The van der Waals surface area contributed by atoms with Crippen molar-refractivity contribution >= 4 is 5.91 Å². The van der Waals surface area contributed by atoms with Gasteiger partial charge in [-0.25, -0.2) is 0 Å². The fourth-order valence-corrected chi connectivity index (χ4v) is 4.22. The number of hydrogen-bond acceptors (Lipinski definition) is 7. The van der Waals surface area contributed by atoms with E-state index in [-0.39, 0.29) is 18.6 Å². The molecule has 1 atom stereocenters. The Labute approximate surface area is 196 Å². The van der Waals surface area contributed by atoms with Crippen molar-refractivity contribution in [2.24, 2.45) is 5.92 Å². The highest BCUT2D eigenvalue weighted by molar-refractivity contribution is 5.77. The van der Waals surface area contributed by atoms with Crippen LogP contribution in [0.3, 0.4) is 0 Å². The lowest BCUT2D eigenvalue weighted by molar-refractivity contribution is -0.125. The molecule has 1 aromatic heterocycles. The monoisotopic (exact) mass is 459 g/mol. The first kappa shape index (κ1) is 25.0. The predicted octanol–water partition coefficient (Wildman–Crippen LogP) is 2.59. The highest BCUT2D eigenvalue weighted by Gasteiger charge is 2.26. The first-order valence-electron chi connectivity index (χ1n) is 11.7. The average molecular weight is 460 g/mol. The van der Waals surface area contributed by atoms with E-state index in [1.54, 1.807) is 7.11 Å². The van der Waals surface area contributed by atoms with Crippen molar-refractivity contribution in [1.29, 1.82) is 0 Å². The molecule has 0 spiro atoms. The van der Waals surface area contributed by atoms with E-state index in [4.69, 9.17) is 14.2 Å². The molecule has 1 N–H and O–H groups in total. The summed E-state index contributed by atoms with van der Waals surface area (Å²) >= 11 is 0. The van der Waals surface area contributed by atoms with Crippen molar-refractivity contribution in [2.75, 3.05) is 40.5 Å². The van der Waals surface area contributed by atoms with E-state index < -0.39 is 0 Å². The van der Waals surface area contributed by atoms with Crippen LogP contribution in [0.15, 0.2) is 18.2 Å². The maximum absolute atomic E-state index is 12.2. The van der Waals surface area contributed by atoms with Crippen LogP contribution in [0, 0.1) is 5.92 Å². The normalized spacial score (nSPS) is 15.1. The van der Waals surface area contributed by atoms with Crippen LogP contribution in [0.4, 0.5) is 0 Å². The first-order chi connectivity index (χ1) is 15.9. The maximum atomic E-state index is 12.2. The Morgan fingerprint density at radius 3 is 2.67 bits per heavy atom. The van der Waals surface area contributed by atoms with Crippen molar-refractivity contribution in [3.63, 3.8) is 0 Å². The van der Waals surface area contributed by atoms with Gasteiger partial charge < -0.3 is 24.1 Å². The smallest absolute Gasteiger partial charge is 0.246 e. The zero-order chi connectivity index (χ0) is 23.8. The molecule has 0 radical (unpaired) electrons. The molecule has 9 nitrogen and oxygen atoms in total. The molecule has 1 aliphatic rings. The average Bonchev–Trinajstić information content (AvgIpc) is 3.08. The Morgan fingerprint density at radius 1 is 1.15 bits per heavy atom. The van der Waals surface area contributed by atoms with Gasteiger partial charge in [0.1, 0.15) is 12.4 Å². The molecular weight excluding hydrogens is 422 g/mol. The molecule has 0 fully saturated rings. The standard InChI is InChI=1S/C24H37N5O4/c1-6-33-21-14-18(7-8-20(21)32-5)15-28-10-9-22-26-27-24(29(22)12-11-28)19(13-17(2)3)25-23(30)16-31-4/h7-8,14,17,19H,6,9-13,15-16H2,1-5H3,(H,25,30)/t19-/m0/s1. The lowest BCUT2D eigenvalue weighted by Crippen LogP contribution is -2.34. The van der Waals surface area contributed by atoms with Gasteiger partial charge in [-0.05, 0) is 37.0 Å². The van der Waals surface area contributed by atoms with Gasteiger partial charge in [-0.3, -0.25) is 9.69 Å². The molecule has 0 saturated heterocycles. The number of nitrogens with one attached hydrogen (secondary N) is 1. The molecular formula is C24H37N5O4. The van der Waals surface area contributed by atoms with Gasteiger partial charge in [0, 0.05) is 39.7 Å². The van der Waals surface area contributed by atoms with Gasteiger partial charge in [0.05, 0.1) is 19.8 Å². The number of carbonyl (C=O) groups excluding carboxylic acids is 1. The molecule has 1 aromatic carbocycles. The predicted molar refractivity (Wildman–Crippen MR) is 125 cm³/mol. The number of benzene rings is 1. The Kier molecular flexibility index (Phi) is 9.08. The fraction of sp³-hybridized carbons (Fsp3) is 0.625. The van der Waals surface area contributed by atoms with Crippen LogP contribution >= 0.6 is 0 Å². The van der Waals surface area contributed by atoms with Crippen molar-refractivity contribution in [3.8, 4) is 11.5 Å². The topological polar surface area (TPSA) is 90.7 Å². The van der Waals surface area contributed by atoms with E-state index in [0.29, 0.717) is 12.5 Å². The van der Waals surface area contributed by atoms with E-state index in [1.807, 2.05) is 13.0 Å². The van der Waals surface area contributed by atoms with Gasteiger partial charge in [-0.2, -0.15) is 0 Å². The highest BCUT2D eigenvalue weighted by Crippen LogP contribution is 2.29. The first-order valence-corrected chi connectivity index (χ1v) is 11.7. The number of methoxy groups -OCH3 is 2. The van der Waals surface area contributed by atoms with Crippen LogP contribution < -0.4 is 14.8 Å². The molecule has 0 saturated carbocycles. The molecule has 0 bridgehead atoms. The lowest BCUT2D eigenvalue weighted by atomic mass is 10.0. The Hall–Kier alpha value is -2.65.